The van der Waals surface area contributed by atoms with Crippen LogP contribution in [0.4, 0.5) is 13.2 Å². The fourth-order valence-electron chi connectivity index (χ4n) is 3.35. The summed E-state index contributed by atoms with van der Waals surface area (Å²) in [6, 6.07) is 5.44. The van der Waals surface area contributed by atoms with Gasteiger partial charge in [0.25, 0.3) is 0 Å². The fourth-order valence-corrected chi connectivity index (χ4v) is 3.35. The standard InChI is InChI=1S/C19H25F3O4/c1-5-14-15(16-17(24-14)26-18(4,25-16)11(2)3)23-10-12-8-6-7-9-13(12)19(20,21)22/h6-9,11,14-17H,5,10H2,1-4H3/t14-,15+,16-,17-,18?/m1/s1. The molecule has 0 aromatic heterocycles. The third-order valence-electron chi connectivity index (χ3n) is 5.19. The zero-order chi connectivity index (χ0) is 19.1. The molecule has 0 bridgehead atoms. The van der Waals surface area contributed by atoms with Crippen LogP contribution < -0.4 is 0 Å². The largest absolute Gasteiger partial charge is 0.416 e. The first-order chi connectivity index (χ1) is 12.2. The molecule has 2 heterocycles. The van der Waals surface area contributed by atoms with Gasteiger partial charge < -0.3 is 18.9 Å². The maximum atomic E-state index is 13.2. The van der Waals surface area contributed by atoms with Crippen LogP contribution in [0.2, 0.25) is 0 Å². The van der Waals surface area contributed by atoms with Crippen LogP contribution in [0.3, 0.4) is 0 Å². The normalized spacial score (nSPS) is 34.5. The zero-order valence-electron chi connectivity index (χ0n) is 15.4. The molecule has 3 rings (SSSR count). The molecule has 2 fully saturated rings. The Hall–Kier alpha value is -1.15. The highest BCUT2D eigenvalue weighted by atomic mass is 19.4. The Labute approximate surface area is 151 Å². The maximum Gasteiger partial charge on any atom is 0.416 e. The molecule has 1 unspecified atom stereocenters. The first-order valence-corrected chi connectivity index (χ1v) is 8.93. The van der Waals surface area contributed by atoms with E-state index < -0.39 is 36.0 Å². The predicted octanol–water partition coefficient (Wildman–Crippen LogP) is 4.51. The lowest BCUT2D eigenvalue weighted by molar-refractivity contribution is -0.247. The number of rotatable bonds is 5. The lowest BCUT2D eigenvalue weighted by atomic mass is 10.0. The minimum absolute atomic E-state index is 0.100. The van der Waals surface area contributed by atoms with Crippen molar-refractivity contribution in [2.75, 3.05) is 0 Å². The zero-order valence-corrected chi connectivity index (χ0v) is 15.4. The van der Waals surface area contributed by atoms with E-state index in [0.29, 0.717) is 6.42 Å². The van der Waals surface area contributed by atoms with Crippen molar-refractivity contribution in [1.29, 1.82) is 0 Å². The van der Waals surface area contributed by atoms with Crippen LogP contribution in [0.15, 0.2) is 24.3 Å². The molecule has 26 heavy (non-hydrogen) atoms. The van der Waals surface area contributed by atoms with Crippen LogP contribution in [0.1, 0.15) is 45.2 Å². The summed E-state index contributed by atoms with van der Waals surface area (Å²) in [6.45, 7) is 7.58. The summed E-state index contributed by atoms with van der Waals surface area (Å²) in [5, 5.41) is 0. The second kappa shape index (κ2) is 7.11. The van der Waals surface area contributed by atoms with E-state index in [0.717, 1.165) is 6.07 Å². The van der Waals surface area contributed by atoms with Crippen LogP contribution >= 0.6 is 0 Å². The van der Waals surface area contributed by atoms with E-state index in [-0.39, 0.29) is 24.2 Å². The molecule has 5 atom stereocenters. The summed E-state index contributed by atoms with van der Waals surface area (Å²) in [5.41, 5.74) is -0.581. The number of ether oxygens (including phenoxy) is 4. The number of hydrogen-bond acceptors (Lipinski definition) is 4. The molecule has 146 valence electrons. The van der Waals surface area contributed by atoms with Crippen molar-refractivity contribution >= 4 is 0 Å². The van der Waals surface area contributed by atoms with E-state index in [1.807, 2.05) is 27.7 Å². The molecule has 0 N–H and O–H groups in total. The quantitative estimate of drug-likeness (QED) is 0.760. The monoisotopic (exact) mass is 374 g/mol. The van der Waals surface area contributed by atoms with Crippen LogP contribution in [-0.4, -0.2) is 30.4 Å². The molecule has 2 aliphatic rings. The maximum absolute atomic E-state index is 13.2. The molecule has 1 aromatic rings. The second-order valence-corrected chi connectivity index (χ2v) is 7.25. The molecular weight excluding hydrogens is 349 g/mol. The average Bonchev–Trinajstić information content (AvgIpc) is 3.06. The Bertz CT molecular complexity index is 633. The molecule has 0 aliphatic carbocycles. The van der Waals surface area contributed by atoms with Crippen LogP contribution in [0, 0.1) is 5.92 Å². The molecule has 4 nitrogen and oxygen atoms in total. The highest BCUT2D eigenvalue weighted by molar-refractivity contribution is 5.29. The van der Waals surface area contributed by atoms with E-state index in [4.69, 9.17) is 18.9 Å². The third kappa shape index (κ3) is 3.63. The molecular formula is C19H25F3O4. The molecule has 0 amide bonds. The van der Waals surface area contributed by atoms with E-state index in [1.165, 1.54) is 12.1 Å². The van der Waals surface area contributed by atoms with Gasteiger partial charge in [0.1, 0.15) is 12.2 Å². The average molecular weight is 374 g/mol. The summed E-state index contributed by atoms with van der Waals surface area (Å²) in [7, 11) is 0. The van der Waals surface area contributed by atoms with Gasteiger partial charge >= 0.3 is 6.18 Å². The summed E-state index contributed by atoms with van der Waals surface area (Å²) in [6.07, 6.45) is -5.53. The summed E-state index contributed by atoms with van der Waals surface area (Å²) in [4.78, 5) is 0. The summed E-state index contributed by atoms with van der Waals surface area (Å²) >= 11 is 0. The number of alkyl halides is 3. The SMILES string of the molecule is CC[C@H]1O[C@@H]2OC(C)(C(C)C)O[C@@H]2[C@H]1OCc1ccccc1C(F)(F)F. The van der Waals surface area contributed by atoms with Crippen molar-refractivity contribution in [3.63, 3.8) is 0 Å². The van der Waals surface area contributed by atoms with E-state index in [9.17, 15) is 13.2 Å². The Morgan fingerprint density at radius 2 is 1.88 bits per heavy atom. The third-order valence-corrected chi connectivity index (χ3v) is 5.19. The van der Waals surface area contributed by atoms with Gasteiger partial charge in [0.2, 0.25) is 0 Å². The van der Waals surface area contributed by atoms with Crippen molar-refractivity contribution in [3.05, 3.63) is 35.4 Å². The van der Waals surface area contributed by atoms with Crippen molar-refractivity contribution < 1.29 is 32.1 Å². The highest BCUT2D eigenvalue weighted by Crippen LogP contribution is 2.43. The van der Waals surface area contributed by atoms with Gasteiger partial charge in [-0.15, -0.1) is 0 Å². The van der Waals surface area contributed by atoms with E-state index in [2.05, 4.69) is 0 Å². The Balaban J connectivity index is 1.75. The van der Waals surface area contributed by atoms with E-state index in [1.54, 1.807) is 6.07 Å². The van der Waals surface area contributed by atoms with Gasteiger partial charge in [0.05, 0.1) is 18.3 Å². The number of halogens is 3. The minimum Gasteiger partial charge on any atom is -0.368 e. The van der Waals surface area contributed by atoms with Gasteiger partial charge in [-0.2, -0.15) is 13.2 Å². The first-order valence-electron chi connectivity index (χ1n) is 8.93. The van der Waals surface area contributed by atoms with Gasteiger partial charge in [0.15, 0.2) is 12.1 Å². The fraction of sp³-hybridized carbons (Fsp3) is 0.684. The first kappa shape index (κ1) is 19.6. The smallest absolute Gasteiger partial charge is 0.368 e. The summed E-state index contributed by atoms with van der Waals surface area (Å²) < 4.78 is 63.3. The molecule has 0 radical (unpaired) electrons. The number of hydrogen-bond donors (Lipinski definition) is 0. The van der Waals surface area contributed by atoms with Crippen LogP contribution in [0.5, 0.6) is 0 Å². The Morgan fingerprint density at radius 3 is 2.50 bits per heavy atom. The summed E-state index contributed by atoms with van der Waals surface area (Å²) in [5.74, 6) is -0.692. The molecule has 7 heteroatoms. The van der Waals surface area contributed by atoms with Gasteiger partial charge in [-0.25, -0.2) is 0 Å². The molecule has 2 aliphatic heterocycles. The highest BCUT2D eigenvalue weighted by Gasteiger charge is 2.57. The Kier molecular flexibility index (Phi) is 5.36. The lowest BCUT2D eigenvalue weighted by Gasteiger charge is -2.31. The minimum atomic E-state index is -4.41. The Morgan fingerprint density at radius 1 is 1.19 bits per heavy atom. The van der Waals surface area contributed by atoms with Gasteiger partial charge in [-0.1, -0.05) is 39.0 Å². The number of benzene rings is 1. The van der Waals surface area contributed by atoms with Crippen molar-refractivity contribution in [3.8, 4) is 0 Å². The van der Waals surface area contributed by atoms with E-state index >= 15 is 0 Å². The predicted molar refractivity (Wildman–Crippen MR) is 88.2 cm³/mol. The molecule has 0 spiro atoms. The number of fused-ring (bicyclic) bond motifs is 1. The molecule has 1 aromatic carbocycles. The van der Waals surface area contributed by atoms with Gasteiger partial charge in [0, 0.05) is 5.92 Å². The van der Waals surface area contributed by atoms with Crippen LogP contribution in [-0.2, 0) is 31.7 Å². The lowest BCUT2D eigenvalue weighted by Crippen LogP contribution is -2.39. The van der Waals surface area contributed by atoms with Crippen molar-refractivity contribution in [2.45, 2.75) is 77.3 Å². The van der Waals surface area contributed by atoms with Gasteiger partial charge in [-0.05, 0) is 25.0 Å². The van der Waals surface area contributed by atoms with Crippen LogP contribution in [0.25, 0.3) is 0 Å². The topological polar surface area (TPSA) is 36.9 Å². The molecule has 0 saturated carbocycles. The molecule has 2 saturated heterocycles. The second-order valence-electron chi connectivity index (χ2n) is 7.25. The van der Waals surface area contributed by atoms with Crippen molar-refractivity contribution in [2.24, 2.45) is 5.92 Å². The van der Waals surface area contributed by atoms with Gasteiger partial charge in [-0.3, -0.25) is 0 Å². The van der Waals surface area contributed by atoms with Crippen molar-refractivity contribution in [1.82, 2.24) is 0 Å².